The Morgan fingerprint density at radius 1 is 1.12 bits per heavy atom. The molecule has 0 unspecified atom stereocenters. The standard InChI is InChI=1S/C20H21N3O/c1-14(15-8-3-2-4-9-15)21-18-12-7-13-23-19(18)22-17-11-6-5-10-16(17)20(23)24/h2-6,8-11,14,18,21H,7,12-13H2,1H3/t14-,18-/m0/s1. The van der Waals surface area contributed by atoms with Crippen molar-refractivity contribution in [3.05, 3.63) is 76.3 Å². The zero-order valence-corrected chi connectivity index (χ0v) is 13.8. The second kappa shape index (κ2) is 6.21. The van der Waals surface area contributed by atoms with Crippen LogP contribution in [0.15, 0.2) is 59.4 Å². The molecule has 1 aromatic heterocycles. The van der Waals surface area contributed by atoms with Gasteiger partial charge in [0.05, 0.1) is 16.9 Å². The van der Waals surface area contributed by atoms with Crippen molar-refractivity contribution in [1.29, 1.82) is 0 Å². The number of benzene rings is 2. The number of nitrogens with zero attached hydrogens (tertiary/aromatic N) is 2. The van der Waals surface area contributed by atoms with Gasteiger partial charge in [0.25, 0.3) is 5.56 Å². The third kappa shape index (κ3) is 2.63. The monoisotopic (exact) mass is 319 g/mol. The topological polar surface area (TPSA) is 46.9 Å². The Morgan fingerprint density at radius 3 is 2.71 bits per heavy atom. The van der Waals surface area contributed by atoms with Crippen molar-refractivity contribution in [1.82, 2.24) is 14.9 Å². The normalized spacial score (nSPS) is 18.3. The summed E-state index contributed by atoms with van der Waals surface area (Å²) in [6.07, 6.45) is 1.99. The lowest BCUT2D eigenvalue weighted by Crippen LogP contribution is -2.36. The Balaban J connectivity index is 1.72. The van der Waals surface area contributed by atoms with Crippen LogP contribution in [0.1, 0.15) is 43.2 Å². The van der Waals surface area contributed by atoms with Gasteiger partial charge < -0.3 is 5.32 Å². The van der Waals surface area contributed by atoms with E-state index in [0.717, 1.165) is 30.7 Å². The summed E-state index contributed by atoms with van der Waals surface area (Å²) >= 11 is 0. The fraction of sp³-hybridized carbons (Fsp3) is 0.300. The number of rotatable bonds is 3. The molecule has 4 heteroatoms. The summed E-state index contributed by atoms with van der Waals surface area (Å²) < 4.78 is 1.85. The Kier molecular flexibility index (Phi) is 3.90. The molecule has 24 heavy (non-hydrogen) atoms. The summed E-state index contributed by atoms with van der Waals surface area (Å²) in [5, 5.41) is 4.37. The van der Waals surface area contributed by atoms with Gasteiger partial charge in [-0.05, 0) is 37.5 Å². The van der Waals surface area contributed by atoms with E-state index in [2.05, 4.69) is 36.5 Å². The van der Waals surface area contributed by atoms with Crippen LogP contribution in [0.25, 0.3) is 10.9 Å². The molecule has 122 valence electrons. The largest absolute Gasteiger partial charge is 0.301 e. The molecular formula is C20H21N3O. The number of nitrogens with one attached hydrogen (secondary N) is 1. The molecule has 1 N–H and O–H groups in total. The van der Waals surface area contributed by atoms with Gasteiger partial charge in [-0.1, -0.05) is 42.5 Å². The van der Waals surface area contributed by atoms with Crippen molar-refractivity contribution in [2.24, 2.45) is 0 Å². The smallest absolute Gasteiger partial charge is 0.261 e. The molecule has 1 aliphatic rings. The summed E-state index contributed by atoms with van der Waals surface area (Å²) in [5.74, 6) is 0.868. The van der Waals surface area contributed by atoms with E-state index in [1.54, 1.807) is 0 Å². The molecule has 0 amide bonds. The number of hydrogen-bond donors (Lipinski definition) is 1. The van der Waals surface area contributed by atoms with E-state index in [-0.39, 0.29) is 17.6 Å². The number of para-hydroxylation sites is 1. The summed E-state index contributed by atoms with van der Waals surface area (Å²) in [6, 6.07) is 18.3. The maximum Gasteiger partial charge on any atom is 0.261 e. The van der Waals surface area contributed by atoms with Gasteiger partial charge in [0, 0.05) is 12.6 Å². The van der Waals surface area contributed by atoms with Crippen LogP contribution in [0.2, 0.25) is 0 Å². The Hall–Kier alpha value is -2.46. The summed E-state index contributed by atoms with van der Waals surface area (Å²) in [4.78, 5) is 17.6. The molecule has 0 radical (unpaired) electrons. The first-order chi connectivity index (χ1) is 11.7. The van der Waals surface area contributed by atoms with Crippen molar-refractivity contribution in [2.75, 3.05) is 0 Å². The first kappa shape index (κ1) is 15.1. The van der Waals surface area contributed by atoms with Crippen LogP contribution >= 0.6 is 0 Å². The zero-order valence-electron chi connectivity index (χ0n) is 13.8. The highest BCUT2D eigenvalue weighted by Gasteiger charge is 2.25. The Bertz CT molecular complexity index is 917. The SMILES string of the molecule is C[C@H](N[C@H]1CCCn2c1nc1ccccc1c2=O)c1ccccc1. The first-order valence-electron chi connectivity index (χ1n) is 8.54. The van der Waals surface area contributed by atoms with E-state index < -0.39 is 0 Å². The second-order valence-corrected chi connectivity index (χ2v) is 6.44. The lowest BCUT2D eigenvalue weighted by atomic mass is 10.0. The fourth-order valence-electron chi connectivity index (χ4n) is 3.55. The van der Waals surface area contributed by atoms with Crippen LogP contribution in [0, 0.1) is 0 Å². The van der Waals surface area contributed by atoms with E-state index in [1.165, 1.54) is 5.56 Å². The van der Waals surface area contributed by atoms with Crippen molar-refractivity contribution in [3.8, 4) is 0 Å². The van der Waals surface area contributed by atoms with E-state index in [9.17, 15) is 4.79 Å². The van der Waals surface area contributed by atoms with Gasteiger partial charge in [-0.25, -0.2) is 4.98 Å². The van der Waals surface area contributed by atoms with Crippen LogP contribution in [0.5, 0.6) is 0 Å². The summed E-state index contributed by atoms with van der Waals surface area (Å²) in [6.45, 7) is 2.91. The van der Waals surface area contributed by atoms with Gasteiger partial charge in [-0.15, -0.1) is 0 Å². The van der Waals surface area contributed by atoms with E-state index in [1.807, 2.05) is 34.9 Å². The first-order valence-corrected chi connectivity index (χ1v) is 8.54. The maximum atomic E-state index is 12.8. The molecule has 0 spiro atoms. The molecule has 4 rings (SSSR count). The second-order valence-electron chi connectivity index (χ2n) is 6.44. The lowest BCUT2D eigenvalue weighted by molar-refractivity contribution is 0.349. The molecular weight excluding hydrogens is 298 g/mol. The van der Waals surface area contributed by atoms with E-state index >= 15 is 0 Å². The average Bonchev–Trinajstić information content (AvgIpc) is 2.63. The highest BCUT2D eigenvalue weighted by atomic mass is 16.1. The molecule has 2 aromatic carbocycles. The van der Waals surface area contributed by atoms with Crippen LogP contribution in [-0.4, -0.2) is 9.55 Å². The molecule has 2 heterocycles. The predicted molar refractivity (Wildman–Crippen MR) is 96.0 cm³/mol. The van der Waals surface area contributed by atoms with Gasteiger partial charge in [0.15, 0.2) is 0 Å². The minimum Gasteiger partial charge on any atom is -0.301 e. The molecule has 4 nitrogen and oxygen atoms in total. The molecule has 2 atom stereocenters. The average molecular weight is 319 g/mol. The number of hydrogen-bond acceptors (Lipinski definition) is 3. The predicted octanol–water partition coefficient (Wildman–Crippen LogP) is 3.58. The van der Waals surface area contributed by atoms with Crippen LogP contribution < -0.4 is 10.9 Å². The van der Waals surface area contributed by atoms with Crippen LogP contribution in [-0.2, 0) is 6.54 Å². The highest BCUT2D eigenvalue weighted by Crippen LogP contribution is 2.26. The maximum absolute atomic E-state index is 12.8. The fourth-order valence-corrected chi connectivity index (χ4v) is 3.55. The van der Waals surface area contributed by atoms with Gasteiger partial charge in [-0.3, -0.25) is 9.36 Å². The third-order valence-electron chi connectivity index (χ3n) is 4.83. The summed E-state index contributed by atoms with van der Waals surface area (Å²) in [7, 11) is 0. The molecule has 0 saturated heterocycles. The quantitative estimate of drug-likeness (QED) is 0.802. The number of fused-ring (bicyclic) bond motifs is 2. The lowest BCUT2D eigenvalue weighted by Gasteiger charge is -2.29. The van der Waals surface area contributed by atoms with Crippen molar-refractivity contribution < 1.29 is 0 Å². The molecule has 0 aliphatic carbocycles. The zero-order chi connectivity index (χ0) is 16.5. The van der Waals surface area contributed by atoms with Crippen molar-refractivity contribution >= 4 is 10.9 Å². The molecule has 0 bridgehead atoms. The molecule has 0 fully saturated rings. The molecule has 1 aliphatic heterocycles. The minimum atomic E-state index is 0.0782. The Morgan fingerprint density at radius 2 is 1.88 bits per heavy atom. The van der Waals surface area contributed by atoms with Gasteiger partial charge in [0.2, 0.25) is 0 Å². The van der Waals surface area contributed by atoms with E-state index in [4.69, 9.17) is 4.98 Å². The minimum absolute atomic E-state index is 0.0782. The van der Waals surface area contributed by atoms with Gasteiger partial charge >= 0.3 is 0 Å². The van der Waals surface area contributed by atoms with Crippen molar-refractivity contribution in [3.63, 3.8) is 0 Å². The van der Waals surface area contributed by atoms with Crippen molar-refractivity contribution in [2.45, 2.75) is 38.4 Å². The third-order valence-corrected chi connectivity index (χ3v) is 4.83. The van der Waals surface area contributed by atoms with Crippen LogP contribution in [0.3, 0.4) is 0 Å². The molecule has 3 aromatic rings. The van der Waals surface area contributed by atoms with Crippen LogP contribution in [0.4, 0.5) is 0 Å². The highest BCUT2D eigenvalue weighted by molar-refractivity contribution is 5.77. The molecule has 0 saturated carbocycles. The van der Waals surface area contributed by atoms with E-state index in [0.29, 0.717) is 5.39 Å². The Labute approximate surface area is 141 Å². The van der Waals surface area contributed by atoms with Gasteiger partial charge in [0.1, 0.15) is 5.82 Å². The van der Waals surface area contributed by atoms with Gasteiger partial charge in [-0.2, -0.15) is 0 Å². The number of aromatic nitrogens is 2. The summed E-state index contributed by atoms with van der Waals surface area (Å²) in [5.41, 5.74) is 2.11.